The van der Waals surface area contributed by atoms with Crippen molar-refractivity contribution in [2.45, 2.75) is 43.3 Å². The molecule has 1 aliphatic rings. The van der Waals surface area contributed by atoms with Gasteiger partial charge in [0.25, 0.3) is 0 Å². The molecule has 0 aromatic carbocycles. The molecule has 4 N–H and O–H groups in total. The molecule has 0 spiro atoms. The van der Waals surface area contributed by atoms with Gasteiger partial charge in [-0.1, -0.05) is 17.5 Å². The van der Waals surface area contributed by atoms with Crippen LogP contribution in [-0.2, 0) is 4.74 Å². The summed E-state index contributed by atoms with van der Waals surface area (Å²) in [5.41, 5.74) is 4.31. The van der Waals surface area contributed by atoms with Gasteiger partial charge in [-0.05, 0) is 13.8 Å². The molecule has 2 rings (SSSR count). The summed E-state index contributed by atoms with van der Waals surface area (Å²) in [6, 6.07) is 0. The number of rotatable bonds is 2. The fourth-order valence-corrected chi connectivity index (χ4v) is 2.68. The molecule has 0 amide bonds. The molecule has 7 nitrogen and oxygen atoms in total. The summed E-state index contributed by atoms with van der Waals surface area (Å²) in [5, 5.41) is 19.9. The average molecular weight is 332 g/mol. The first-order valence-electron chi connectivity index (χ1n) is 6.41. The summed E-state index contributed by atoms with van der Waals surface area (Å²) in [5.74, 6) is 3.58. The lowest BCUT2D eigenvalue weighted by Crippen LogP contribution is -2.44. The number of alkyl halides is 1. The Morgan fingerprint density at radius 2 is 2.32 bits per heavy atom. The molecule has 1 saturated heterocycles. The number of halogens is 2. The van der Waals surface area contributed by atoms with Crippen LogP contribution >= 0.6 is 11.6 Å². The van der Waals surface area contributed by atoms with E-state index in [0.717, 1.165) is 10.8 Å². The molecule has 22 heavy (non-hydrogen) atoms. The molecule has 1 fully saturated rings. The normalized spacial score (nSPS) is 32.4. The predicted molar refractivity (Wildman–Crippen MR) is 76.5 cm³/mol. The second-order valence-electron chi connectivity index (χ2n) is 4.95. The van der Waals surface area contributed by atoms with Gasteiger partial charge < -0.3 is 20.7 Å². The zero-order chi connectivity index (χ0) is 16.7. The fraction of sp³-hybridized carbons (Fsp3) is 0.538. The van der Waals surface area contributed by atoms with E-state index in [0.29, 0.717) is 0 Å². The highest BCUT2D eigenvalue weighted by atomic mass is 35.5. The average Bonchev–Trinajstić information content (AvgIpc) is 2.68. The van der Waals surface area contributed by atoms with Crippen molar-refractivity contribution in [3.05, 3.63) is 22.5 Å². The standard InChI is InChI=1S/C13H15ClFN3O4/c1-3-4-13(14)9(20)8(6(2)19)22-11(13)18-5-7(15)10(16)17-12(18)21/h5-6,8-9,11,19-20H,1-2H3,(H2,16,17,21)/t6-,8+,9?,11+,13?/m0/s1. The second kappa shape index (κ2) is 5.85. The van der Waals surface area contributed by atoms with Gasteiger partial charge in [-0.25, -0.2) is 9.18 Å². The lowest BCUT2D eigenvalue weighted by atomic mass is 9.96. The van der Waals surface area contributed by atoms with Crippen molar-refractivity contribution in [3.8, 4) is 11.8 Å². The predicted octanol–water partition coefficient (Wildman–Crippen LogP) is -0.395. The Kier molecular flexibility index (Phi) is 4.44. The molecular weight excluding hydrogens is 317 g/mol. The van der Waals surface area contributed by atoms with Gasteiger partial charge in [0.1, 0.15) is 12.2 Å². The first-order chi connectivity index (χ1) is 10.2. The Morgan fingerprint density at radius 1 is 1.68 bits per heavy atom. The maximum Gasteiger partial charge on any atom is 0.351 e. The van der Waals surface area contributed by atoms with E-state index in [2.05, 4.69) is 16.8 Å². The zero-order valence-electron chi connectivity index (χ0n) is 11.8. The summed E-state index contributed by atoms with van der Waals surface area (Å²) < 4.78 is 19.8. The van der Waals surface area contributed by atoms with Gasteiger partial charge in [-0.3, -0.25) is 4.57 Å². The molecule has 0 saturated carbocycles. The number of anilines is 1. The van der Waals surface area contributed by atoms with Gasteiger partial charge in [0.2, 0.25) is 0 Å². The maximum absolute atomic E-state index is 13.6. The minimum absolute atomic E-state index is 0.561. The number of nitrogen functional groups attached to an aromatic ring is 1. The molecule has 120 valence electrons. The van der Waals surface area contributed by atoms with Crippen LogP contribution in [0.2, 0.25) is 0 Å². The zero-order valence-corrected chi connectivity index (χ0v) is 12.6. The summed E-state index contributed by atoms with van der Waals surface area (Å²) in [4.78, 5) is 13.5. The van der Waals surface area contributed by atoms with Crippen molar-refractivity contribution in [2.24, 2.45) is 0 Å². The molecule has 0 radical (unpaired) electrons. The molecule has 1 aromatic heterocycles. The van der Waals surface area contributed by atoms with Crippen LogP contribution in [0.4, 0.5) is 10.2 Å². The molecule has 0 bridgehead atoms. The number of nitrogens with two attached hydrogens (primary N) is 1. The SMILES string of the molecule is CC#CC1(Cl)C(O)[C@@H]([C@H](C)O)O[C@H]1n1cc(F)c(N)nc1=O. The molecule has 9 heteroatoms. The third-order valence-electron chi connectivity index (χ3n) is 3.37. The highest BCUT2D eigenvalue weighted by Crippen LogP contribution is 2.43. The van der Waals surface area contributed by atoms with Gasteiger partial charge in [-0.15, -0.1) is 5.92 Å². The van der Waals surface area contributed by atoms with E-state index >= 15 is 0 Å². The van der Waals surface area contributed by atoms with Gasteiger partial charge in [0, 0.05) is 0 Å². The number of aliphatic hydroxyl groups is 2. The Balaban J connectivity index is 2.59. The van der Waals surface area contributed by atoms with Crippen LogP contribution in [0, 0.1) is 17.7 Å². The summed E-state index contributed by atoms with van der Waals surface area (Å²) in [7, 11) is 0. The van der Waals surface area contributed by atoms with Crippen LogP contribution in [0.25, 0.3) is 0 Å². The monoisotopic (exact) mass is 331 g/mol. The van der Waals surface area contributed by atoms with E-state index in [9.17, 15) is 19.4 Å². The smallest absolute Gasteiger partial charge is 0.351 e. The van der Waals surface area contributed by atoms with Crippen molar-refractivity contribution >= 4 is 17.4 Å². The summed E-state index contributed by atoms with van der Waals surface area (Å²) >= 11 is 6.32. The van der Waals surface area contributed by atoms with Crippen LogP contribution in [0.15, 0.2) is 11.0 Å². The van der Waals surface area contributed by atoms with Crippen LogP contribution < -0.4 is 11.4 Å². The molecule has 2 heterocycles. The number of nitrogens with zero attached hydrogens (tertiary/aromatic N) is 2. The minimum atomic E-state index is -1.75. The quantitative estimate of drug-likeness (QED) is 0.502. The third-order valence-corrected chi connectivity index (χ3v) is 3.87. The second-order valence-corrected chi connectivity index (χ2v) is 5.57. The van der Waals surface area contributed by atoms with E-state index in [1.165, 1.54) is 13.8 Å². The fourth-order valence-electron chi connectivity index (χ4n) is 2.31. The molecule has 1 aromatic rings. The van der Waals surface area contributed by atoms with Crippen LogP contribution in [-0.4, -0.2) is 43.0 Å². The van der Waals surface area contributed by atoms with Crippen molar-refractivity contribution in [3.63, 3.8) is 0 Å². The van der Waals surface area contributed by atoms with Gasteiger partial charge in [0.15, 0.2) is 22.7 Å². The Bertz CT molecular complexity index is 699. The number of hydrogen-bond acceptors (Lipinski definition) is 6. The van der Waals surface area contributed by atoms with Gasteiger partial charge in [-0.2, -0.15) is 4.98 Å². The van der Waals surface area contributed by atoms with Crippen molar-refractivity contribution in [1.82, 2.24) is 9.55 Å². The van der Waals surface area contributed by atoms with E-state index in [-0.39, 0.29) is 0 Å². The van der Waals surface area contributed by atoms with Crippen molar-refractivity contribution in [2.75, 3.05) is 5.73 Å². The first kappa shape index (κ1) is 16.7. The van der Waals surface area contributed by atoms with Gasteiger partial charge in [0.05, 0.1) is 12.3 Å². The molecule has 1 aliphatic heterocycles. The van der Waals surface area contributed by atoms with Crippen LogP contribution in [0.3, 0.4) is 0 Å². The van der Waals surface area contributed by atoms with E-state index in [1.807, 2.05) is 0 Å². The minimum Gasteiger partial charge on any atom is -0.391 e. The molecular formula is C13H15ClFN3O4. The topological polar surface area (TPSA) is 111 Å². The Labute approximate surface area is 130 Å². The summed E-state index contributed by atoms with van der Waals surface area (Å²) in [6.07, 6.45) is -4.15. The Morgan fingerprint density at radius 3 is 2.86 bits per heavy atom. The highest BCUT2D eigenvalue weighted by molar-refractivity contribution is 6.27. The van der Waals surface area contributed by atoms with Crippen molar-refractivity contribution < 1.29 is 19.3 Å². The van der Waals surface area contributed by atoms with Gasteiger partial charge >= 0.3 is 5.69 Å². The van der Waals surface area contributed by atoms with Crippen molar-refractivity contribution in [1.29, 1.82) is 0 Å². The third kappa shape index (κ3) is 2.57. The van der Waals surface area contributed by atoms with E-state index in [1.54, 1.807) is 0 Å². The maximum atomic E-state index is 13.6. The number of ether oxygens (including phenoxy) is 1. The number of aromatic nitrogens is 2. The lowest BCUT2D eigenvalue weighted by molar-refractivity contribution is -0.0774. The van der Waals surface area contributed by atoms with Crippen LogP contribution in [0.1, 0.15) is 20.1 Å². The van der Waals surface area contributed by atoms with E-state index in [4.69, 9.17) is 22.1 Å². The molecule has 5 atom stereocenters. The lowest BCUT2D eigenvalue weighted by Gasteiger charge is -2.25. The van der Waals surface area contributed by atoms with Crippen LogP contribution in [0.5, 0.6) is 0 Å². The first-order valence-corrected chi connectivity index (χ1v) is 6.78. The number of hydrogen-bond donors (Lipinski definition) is 3. The Hall–Kier alpha value is -1.66. The highest BCUT2D eigenvalue weighted by Gasteiger charge is 2.57. The largest absolute Gasteiger partial charge is 0.391 e. The summed E-state index contributed by atoms with van der Waals surface area (Å²) in [6.45, 7) is 2.87. The number of aliphatic hydroxyl groups excluding tert-OH is 2. The molecule has 0 aliphatic carbocycles. The van der Waals surface area contributed by atoms with E-state index < -0.39 is 46.7 Å². The molecule has 2 unspecified atom stereocenters.